The van der Waals surface area contributed by atoms with Crippen molar-refractivity contribution in [3.05, 3.63) is 116 Å². The minimum Gasteiger partial charge on any atom is -0.465 e. The molecule has 7 nitrogen and oxygen atoms in total. The van der Waals surface area contributed by atoms with Crippen molar-refractivity contribution in [1.82, 2.24) is 0 Å². The zero-order valence-corrected chi connectivity index (χ0v) is 22.7. The molecule has 5 aromatic rings. The van der Waals surface area contributed by atoms with Crippen molar-refractivity contribution < 1.29 is 13.3 Å². The third-order valence-corrected chi connectivity index (χ3v) is 7.77. The summed E-state index contributed by atoms with van der Waals surface area (Å²) < 4.78 is 16.5. The molecule has 5 aromatic heterocycles. The van der Waals surface area contributed by atoms with Crippen molar-refractivity contribution in [3.63, 3.8) is 0 Å². The van der Waals surface area contributed by atoms with Gasteiger partial charge in [-0.05, 0) is 85.0 Å². The number of nitriles is 4. The summed E-state index contributed by atoms with van der Waals surface area (Å²) in [6.07, 6.45) is 9.72. The third kappa shape index (κ3) is 6.25. The van der Waals surface area contributed by atoms with E-state index >= 15 is 0 Å². The van der Waals surface area contributed by atoms with Crippen LogP contribution in [0.4, 0.5) is 0 Å². The Hall–Kier alpha value is -5.84. The molecule has 194 valence electrons. The van der Waals surface area contributed by atoms with E-state index in [1.54, 1.807) is 73.0 Å². The first kappa shape index (κ1) is 26.8. The number of hydrogen-bond donors (Lipinski definition) is 0. The summed E-state index contributed by atoms with van der Waals surface area (Å²) in [4.78, 5) is 3.00. The van der Waals surface area contributed by atoms with Gasteiger partial charge in [0.1, 0.15) is 47.3 Å². The number of hydrogen-bond acceptors (Lipinski definition) is 9. The maximum atomic E-state index is 9.80. The average molecular weight is 569 g/mol. The first-order valence-corrected chi connectivity index (χ1v) is 13.6. The van der Waals surface area contributed by atoms with E-state index < -0.39 is 0 Å². The highest BCUT2D eigenvalue weighted by Gasteiger charge is 2.12. The topological polar surface area (TPSA) is 135 Å². The molecule has 0 unspecified atom stereocenters. The number of allylic oxidation sites excluding steroid dienone is 4. The van der Waals surface area contributed by atoms with Crippen molar-refractivity contribution in [2.24, 2.45) is 0 Å². The molecular formula is C32H16N4O3S2. The molecule has 0 saturated heterocycles. The summed E-state index contributed by atoms with van der Waals surface area (Å²) in [5.41, 5.74) is 1.52. The molecule has 0 aromatic carbocycles. The standard InChI is InChI=1S/C32H16N4O3S2/c33-17-21(29-4-2-12-38-29)15-27-6-10-32(40-27)24(20-36)14-26-5-8-30(39-26)22(18-34)16-28-7-9-31(41-28)23(19-35)13-25-3-1-11-37-25/h1-16H/b21-15+,22-16+,23-13-,24-14+. The van der Waals surface area contributed by atoms with Gasteiger partial charge in [-0.25, -0.2) is 0 Å². The van der Waals surface area contributed by atoms with E-state index in [0.717, 1.165) is 14.6 Å². The molecule has 0 fully saturated rings. The first-order chi connectivity index (χ1) is 20.1. The second kappa shape index (κ2) is 12.3. The Balaban J connectivity index is 1.36. The van der Waals surface area contributed by atoms with Crippen molar-refractivity contribution in [2.75, 3.05) is 0 Å². The van der Waals surface area contributed by atoms with Crippen LogP contribution in [0.15, 0.2) is 86.4 Å². The van der Waals surface area contributed by atoms with Crippen LogP contribution in [0, 0.1) is 45.3 Å². The van der Waals surface area contributed by atoms with Gasteiger partial charge in [0, 0.05) is 19.5 Å². The molecule has 9 heteroatoms. The maximum absolute atomic E-state index is 9.80. The van der Waals surface area contributed by atoms with Gasteiger partial charge in [-0.1, -0.05) is 0 Å². The van der Waals surface area contributed by atoms with Crippen molar-refractivity contribution in [2.45, 2.75) is 0 Å². The largest absolute Gasteiger partial charge is 0.465 e. The van der Waals surface area contributed by atoms with Crippen LogP contribution in [0.5, 0.6) is 0 Å². The normalized spacial score (nSPS) is 12.4. The van der Waals surface area contributed by atoms with Crippen LogP contribution in [0.2, 0.25) is 0 Å². The van der Waals surface area contributed by atoms with Gasteiger partial charge in [0.15, 0.2) is 0 Å². The van der Waals surface area contributed by atoms with E-state index in [-0.39, 0.29) is 0 Å². The summed E-state index contributed by atoms with van der Waals surface area (Å²) in [5.74, 6) is 1.81. The monoisotopic (exact) mass is 568 g/mol. The highest BCUT2D eigenvalue weighted by molar-refractivity contribution is 7.14. The highest BCUT2D eigenvalue weighted by Crippen LogP contribution is 2.32. The summed E-state index contributed by atoms with van der Waals surface area (Å²) >= 11 is 2.72. The lowest BCUT2D eigenvalue weighted by atomic mass is 10.2. The average Bonchev–Trinajstić information content (AvgIpc) is 3.83. The van der Waals surface area contributed by atoms with Gasteiger partial charge < -0.3 is 13.3 Å². The minimum atomic E-state index is 0.301. The zero-order valence-electron chi connectivity index (χ0n) is 21.1. The number of nitrogens with zero attached hydrogens (tertiary/aromatic N) is 4. The first-order valence-electron chi connectivity index (χ1n) is 12.0. The fraction of sp³-hybridized carbons (Fsp3) is 0. The molecule has 0 saturated carbocycles. The Morgan fingerprint density at radius 2 is 1.10 bits per heavy atom. The Bertz CT molecular complexity index is 1980. The highest BCUT2D eigenvalue weighted by atomic mass is 32.1. The van der Waals surface area contributed by atoms with Crippen LogP contribution in [0.3, 0.4) is 0 Å². The third-order valence-electron chi connectivity index (χ3n) is 5.63. The number of rotatable bonds is 8. The van der Waals surface area contributed by atoms with Crippen molar-refractivity contribution >= 4 is 69.3 Å². The van der Waals surface area contributed by atoms with Gasteiger partial charge in [0.25, 0.3) is 0 Å². The maximum Gasteiger partial charge on any atom is 0.145 e. The van der Waals surface area contributed by atoms with Gasteiger partial charge >= 0.3 is 0 Å². The van der Waals surface area contributed by atoms with Gasteiger partial charge in [0.05, 0.1) is 34.8 Å². The molecule has 0 atom stereocenters. The predicted molar refractivity (Wildman–Crippen MR) is 159 cm³/mol. The van der Waals surface area contributed by atoms with Gasteiger partial charge in [-0.3, -0.25) is 0 Å². The van der Waals surface area contributed by atoms with Crippen molar-refractivity contribution in [3.8, 4) is 24.3 Å². The number of thiophene rings is 2. The van der Waals surface area contributed by atoms with Crippen molar-refractivity contribution in [1.29, 1.82) is 21.0 Å². The second-order valence-electron chi connectivity index (χ2n) is 8.28. The lowest BCUT2D eigenvalue weighted by Crippen LogP contribution is -1.77. The quantitative estimate of drug-likeness (QED) is 0.171. The molecule has 0 amide bonds. The SMILES string of the molecule is N#C/C(=C/c1ccco1)c1ccc(/C=C(\C#N)c2ccc(/C=C(\C#N)c3ccc(/C=C(\C#N)c4ccco4)s3)o2)s1. The van der Waals surface area contributed by atoms with E-state index in [0.29, 0.717) is 50.2 Å². The van der Waals surface area contributed by atoms with Crippen LogP contribution in [-0.4, -0.2) is 0 Å². The molecule has 41 heavy (non-hydrogen) atoms. The van der Waals surface area contributed by atoms with Crippen LogP contribution < -0.4 is 0 Å². The summed E-state index contributed by atoms with van der Waals surface area (Å²) in [5, 5.41) is 38.6. The molecule has 0 spiro atoms. The van der Waals surface area contributed by atoms with E-state index in [2.05, 4.69) is 24.3 Å². The van der Waals surface area contributed by atoms with Gasteiger partial charge in [-0.15, -0.1) is 22.7 Å². The smallest absolute Gasteiger partial charge is 0.145 e. The van der Waals surface area contributed by atoms with Crippen LogP contribution in [0.1, 0.15) is 42.5 Å². The van der Waals surface area contributed by atoms with Gasteiger partial charge in [0.2, 0.25) is 0 Å². The predicted octanol–water partition coefficient (Wildman–Crippen LogP) is 8.85. The molecule has 0 aliphatic carbocycles. The Labute approximate surface area is 243 Å². The van der Waals surface area contributed by atoms with Crippen LogP contribution in [-0.2, 0) is 0 Å². The lowest BCUT2D eigenvalue weighted by Gasteiger charge is -1.95. The Morgan fingerprint density at radius 1 is 0.537 bits per heavy atom. The summed E-state index contributed by atoms with van der Waals surface area (Å²) in [7, 11) is 0. The summed E-state index contributed by atoms with van der Waals surface area (Å²) in [6.45, 7) is 0. The van der Waals surface area contributed by atoms with Crippen LogP contribution >= 0.6 is 22.7 Å². The Morgan fingerprint density at radius 3 is 1.63 bits per heavy atom. The molecular weight excluding hydrogens is 553 g/mol. The molecule has 0 N–H and O–H groups in total. The van der Waals surface area contributed by atoms with Crippen LogP contribution in [0.25, 0.3) is 46.6 Å². The summed E-state index contributed by atoms with van der Waals surface area (Å²) in [6, 6.07) is 26.2. The van der Waals surface area contributed by atoms with E-state index in [4.69, 9.17) is 13.3 Å². The fourth-order valence-electron chi connectivity index (χ4n) is 3.73. The molecule has 5 heterocycles. The van der Waals surface area contributed by atoms with E-state index in [9.17, 15) is 21.0 Å². The Kier molecular flexibility index (Phi) is 8.06. The molecule has 0 aliphatic rings. The molecule has 0 radical (unpaired) electrons. The van der Waals surface area contributed by atoms with Gasteiger partial charge in [-0.2, -0.15) is 21.0 Å². The molecule has 0 bridgehead atoms. The number of furan rings is 3. The molecule has 0 aliphatic heterocycles. The minimum absolute atomic E-state index is 0.301. The second-order valence-corrected chi connectivity index (χ2v) is 10.5. The zero-order chi connectivity index (χ0) is 28.6. The molecule has 5 rings (SSSR count). The fourth-order valence-corrected chi connectivity index (χ4v) is 5.57. The van der Waals surface area contributed by atoms with E-state index in [1.807, 2.05) is 18.2 Å². The lowest BCUT2D eigenvalue weighted by molar-refractivity contribution is 0.545. The van der Waals surface area contributed by atoms with E-state index in [1.165, 1.54) is 28.9 Å².